The SMILES string of the molecule is Cc1cc(C)nc(N2NC3NC(c4ccc(Cl)cc4)CC(=O)C3C2=O)n1. The monoisotopic (exact) mass is 371 g/mol. The minimum atomic E-state index is -0.775. The van der Waals surface area contributed by atoms with Crippen LogP contribution in [0.25, 0.3) is 0 Å². The lowest BCUT2D eigenvalue weighted by Crippen LogP contribution is -2.52. The molecular weight excluding hydrogens is 354 g/mol. The molecule has 0 bridgehead atoms. The van der Waals surface area contributed by atoms with Gasteiger partial charge in [-0.3, -0.25) is 14.9 Å². The molecule has 3 heterocycles. The van der Waals surface area contributed by atoms with Crippen molar-refractivity contribution in [1.29, 1.82) is 0 Å². The Morgan fingerprint density at radius 2 is 1.77 bits per heavy atom. The fraction of sp³-hybridized carbons (Fsp3) is 0.333. The van der Waals surface area contributed by atoms with Crippen LogP contribution in [-0.4, -0.2) is 27.8 Å². The predicted molar refractivity (Wildman–Crippen MR) is 96.4 cm³/mol. The average Bonchev–Trinajstić information content (AvgIpc) is 2.92. The van der Waals surface area contributed by atoms with Crippen molar-refractivity contribution in [2.45, 2.75) is 32.5 Å². The Morgan fingerprint density at radius 1 is 1.12 bits per heavy atom. The van der Waals surface area contributed by atoms with Crippen molar-refractivity contribution in [2.75, 3.05) is 5.01 Å². The van der Waals surface area contributed by atoms with Crippen LogP contribution < -0.4 is 15.8 Å². The number of ketones is 1. The molecule has 8 heteroatoms. The molecule has 1 aromatic heterocycles. The summed E-state index contributed by atoms with van der Waals surface area (Å²) < 4.78 is 0. The summed E-state index contributed by atoms with van der Waals surface area (Å²) >= 11 is 5.94. The van der Waals surface area contributed by atoms with Crippen LogP contribution in [0.3, 0.4) is 0 Å². The number of fused-ring (bicyclic) bond motifs is 1. The van der Waals surface area contributed by atoms with E-state index in [9.17, 15) is 9.59 Å². The average molecular weight is 372 g/mol. The lowest BCUT2D eigenvalue weighted by molar-refractivity contribution is -0.133. The maximum absolute atomic E-state index is 12.8. The highest BCUT2D eigenvalue weighted by Crippen LogP contribution is 2.31. The topological polar surface area (TPSA) is 87.2 Å². The molecule has 2 N–H and O–H groups in total. The van der Waals surface area contributed by atoms with E-state index in [1.165, 1.54) is 5.01 Å². The minimum absolute atomic E-state index is 0.0990. The van der Waals surface area contributed by atoms with E-state index in [0.717, 1.165) is 17.0 Å². The first-order chi connectivity index (χ1) is 12.4. The molecule has 2 aliphatic heterocycles. The molecule has 2 saturated heterocycles. The van der Waals surface area contributed by atoms with Crippen molar-refractivity contribution >= 4 is 29.2 Å². The third-order valence-electron chi connectivity index (χ3n) is 4.66. The Bertz CT molecular complexity index is 865. The van der Waals surface area contributed by atoms with Gasteiger partial charge < -0.3 is 0 Å². The van der Waals surface area contributed by atoms with E-state index in [0.29, 0.717) is 5.02 Å². The van der Waals surface area contributed by atoms with E-state index in [1.54, 1.807) is 12.1 Å². The molecule has 0 radical (unpaired) electrons. The van der Waals surface area contributed by atoms with Crippen LogP contribution in [-0.2, 0) is 9.59 Å². The van der Waals surface area contributed by atoms with Crippen LogP contribution in [0, 0.1) is 19.8 Å². The summed E-state index contributed by atoms with van der Waals surface area (Å²) in [6.07, 6.45) is -0.244. The van der Waals surface area contributed by atoms with E-state index >= 15 is 0 Å². The Balaban J connectivity index is 1.60. The summed E-state index contributed by atoms with van der Waals surface area (Å²) in [6.45, 7) is 3.68. The van der Waals surface area contributed by atoms with Crippen LogP contribution in [0.1, 0.15) is 29.4 Å². The number of aryl methyl sites for hydroxylation is 2. The number of hydrogen-bond acceptors (Lipinski definition) is 6. The predicted octanol–water partition coefficient (Wildman–Crippen LogP) is 1.84. The smallest absolute Gasteiger partial charge is 0.257 e. The zero-order valence-electron chi connectivity index (χ0n) is 14.4. The van der Waals surface area contributed by atoms with Gasteiger partial charge in [-0.15, -0.1) is 0 Å². The van der Waals surface area contributed by atoms with E-state index in [4.69, 9.17) is 11.6 Å². The molecule has 2 fully saturated rings. The van der Waals surface area contributed by atoms with Gasteiger partial charge in [0.05, 0.1) is 6.17 Å². The number of amides is 1. The quantitative estimate of drug-likeness (QED) is 0.783. The van der Waals surface area contributed by atoms with Crippen molar-refractivity contribution in [3.05, 3.63) is 52.3 Å². The highest BCUT2D eigenvalue weighted by molar-refractivity contribution is 6.30. The summed E-state index contributed by atoms with van der Waals surface area (Å²) in [7, 11) is 0. The van der Waals surface area contributed by atoms with Crippen molar-refractivity contribution in [3.8, 4) is 0 Å². The fourth-order valence-corrected chi connectivity index (χ4v) is 3.62. The van der Waals surface area contributed by atoms with Crippen molar-refractivity contribution in [2.24, 2.45) is 5.92 Å². The molecule has 4 rings (SSSR count). The first-order valence-electron chi connectivity index (χ1n) is 8.39. The Morgan fingerprint density at radius 3 is 2.42 bits per heavy atom. The van der Waals surface area contributed by atoms with Crippen LogP contribution in [0.5, 0.6) is 0 Å². The fourth-order valence-electron chi connectivity index (χ4n) is 3.49. The number of carbonyl (C=O) groups excluding carboxylic acids is 2. The number of piperidine rings is 1. The van der Waals surface area contributed by atoms with Gasteiger partial charge in [-0.2, -0.15) is 0 Å². The van der Waals surface area contributed by atoms with Gasteiger partial charge in [0.25, 0.3) is 5.91 Å². The van der Waals surface area contributed by atoms with Crippen LogP contribution in [0.2, 0.25) is 5.02 Å². The lowest BCUT2D eigenvalue weighted by atomic mass is 9.88. The molecule has 3 unspecified atom stereocenters. The van der Waals surface area contributed by atoms with Crippen LogP contribution in [0.4, 0.5) is 5.95 Å². The molecule has 0 aliphatic carbocycles. The first kappa shape index (κ1) is 17.1. The van der Waals surface area contributed by atoms with E-state index in [-0.39, 0.29) is 30.1 Å². The van der Waals surface area contributed by atoms with E-state index in [1.807, 2.05) is 32.0 Å². The Labute approximate surface area is 155 Å². The largest absolute Gasteiger partial charge is 0.299 e. The molecule has 0 spiro atoms. The summed E-state index contributed by atoms with van der Waals surface area (Å²) in [6, 6.07) is 9.00. The van der Waals surface area contributed by atoms with E-state index in [2.05, 4.69) is 20.7 Å². The number of halogens is 1. The Hall–Kier alpha value is -2.35. The van der Waals surface area contributed by atoms with Gasteiger partial charge in [0.15, 0.2) is 0 Å². The van der Waals surface area contributed by atoms with Crippen LogP contribution in [0.15, 0.2) is 30.3 Å². The molecule has 7 nitrogen and oxygen atoms in total. The number of nitrogens with one attached hydrogen (secondary N) is 2. The number of benzene rings is 1. The standard InChI is InChI=1S/C18H18ClN5O2/c1-9-7-10(2)21-18(20-9)24-17(26)15-14(25)8-13(22-16(15)23-24)11-3-5-12(19)6-4-11/h3-7,13,15-16,22-23H,8H2,1-2H3. The van der Waals surface area contributed by atoms with Gasteiger partial charge in [-0.1, -0.05) is 23.7 Å². The number of carbonyl (C=O) groups is 2. The first-order valence-corrected chi connectivity index (χ1v) is 8.77. The number of Topliss-reactive ketones (excluding diaryl/α,β-unsaturated/α-hetero) is 1. The summed E-state index contributed by atoms with van der Waals surface area (Å²) in [5, 5.41) is 5.27. The summed E-state index contributed by atoms with van der Waals surface area (Å²) in [5.41, 5.74) is 5.53. The maximum Gasteiger partial charge on any atom is 0.257 e. The number of hydrogen-bond donors (Lipinski definition) is 2. The van der Waals surface area contributed by atoms with Gasteiger partial charge in [0, 0.05) is 28.9 Å². The molecule has 3 atom stereocenters. The molecule has 1 amide bonds. The second-order valence-corrected chi connectivity index (χ2v) is 7.09. The summed E-state index contributed by atoms with van der Waals surface area (Å²) in [5.74, 6) is -0.937. The lowest BCUT2D eigenvalue weighted by Gasteiger charge is -2.30. The number of anilines is 1. The molecule has 2 aliphatic rings. The third-order valence-corrected chi connectivity index (χ3v) is 4.92. The van der Waals surface area contributed by atoms with Crippen LogP contribution >= 0.6 is 11.6 Å². The Kier molecular flexibility index (Phi) is 4.22. The maximum atomic E-state index is 12.8. The molecular formula is C18H18ClN5O2. The molecule has 26 heavy (non-hydrogen) atoms. The summed E-state index contributed by atoms with van der Waals surface area (Å²) in [4.78, 5) is 34.0. The molecule has 0 saturated carbocycles. The van der Waals surface area contributed by atoms with Gasteiger partial charge >= 0.3 is 0 Å². The van der Waals surface area contributed by atoms with Crippen molar-refractivity contribution < 1.29 is 9.59 Å². The van der Waals surface area contributed by atoms with Gasteiger partial charge in [0.2, 0.25) is 5.95 Å². The third kappa shape index (κ3) is 2.98. The highest BCUT2D eigenvalue weighted by Gasteiger charge is 2.50. The second-order valence-electron chi connectivity index (χ2n) is 6.65. The van der Waals surface area contributed by atoms with Crippen molar-refractivity contribution in [1.82, 2.24) is 20.7 Å². The molecule has 1 aromatic carbocycles. The van der Waals surface area contributed by atoms with Gasteiger partial charge in [-0.05, 0) is 37.6 Å². The minimum Gasteiger partial charge on any atom is -0.299 e. The second kappa shape index (κ2) is 6.42. The number of hydrazine groups is 1. The normalized spacial score (nSPS) is 25.5. The van der Waals surface area contributed by atoms with Gasteiger partial charge in [0.1, 0.15) is 11.7 Å². The number of rotatable bonds is 2. The number of aromatic nitrogens is 2. The van der Waals surface area contributed by atoms with Gasteiger partial charge in [-0.25, -0.2) is 20.4 Å². The van der Waals surface area contributed by atoms with Crippen molar-refractivity contribution in [3.63, 3.8) is 0 Å². The molecule has 2 aromatic rings. The highest BCUT2D eigenvalue weighted by atomic mass is 35.5. The zero-order valence-corrected chi connectivity index (χ0v) is 15.1. The number of nitrogens with zero attached hydrogens (tertiary/aromatic N) is 3. The van der Waals surface area contributed by atoms with E-state index < -0.39 is 12.1 Å². The molecule has 134 valence electrons. The zero-order chi connectivity index (χ0) is 18.4.